The third-order valence-corrected chi connectivity index (χ3v) is 6.78. The van der Waals surface area contributed by atoms with E-state index in [1.807, 2.05) is 37.5 Å². The zero-order valence-electron chi connectivity index (χ0n) is 21.5. The van der Waals surface area contributed by atoms with Crippen LogP contribution in [0.2, 0.25) is 0 Å². The average molecular weight is 490 g/mol. The standard InChI is InChI=1S/C31H31N5O/c1-4-21-9-7-11-23(17-21)30-28(19-22-10-8-14-29(36(3)20-37)27(18-22)32-2)34-31(35-30)25-15-16-33-26-13-6-5-12-24(25)26/h5-7,9-18,20,32H,4,8,19H2,1-3H3,(H,34,35). The molecule has 6 nitrogen and oxygen atoms in total. The SMILES string of the molecule is CCc1cccc(-c2nc(-c3ccnc4ccccc34)[nH]c2CC2=CCC=C(N(C)C=O)C(NC)=C2)c1. The number of fused-ring (bicyclic) bond motifs is 1. The summed E-state index contributed by atoms with van der Waals surface area (Å²) < 4.78 is 0. The highest BCUT2D eigenvalue weighted by molar-refractivity contribution is 5.93. The van der Waals surface area contributed by atoms with Crippen LogP contribution >= 0.6 is 0 Å². The summed E-state index contributed by atoms with van der Waals surface area (Å²) in [5.41, 5.74) is 9.28. The molecule has 0 unspecified atom stereocenters. The third kappa shape index (κ3) is 4.96. The number of nitrogens with one attached hydrogen (secondary N) is 2. The van der Waals surface area contributed by atoms with Crippen molar-refractivity contribution in [3.05, 3.63) is 107 Å². The number of carbonyl (C=O) groups is 1. The van der Waals surface area contributed by atoms with E-state index < -0.39 is 0 Å². The van der Waals surface area contributed by atoms with Gasteiger partial charge in [0.25, 0.3) is 0 Å². The van der Waals surface area contributed by atoms with Gasteiger partial charge in [0.2, 0.25) is 6.41 Å². The number of carbonyl (C=O) groups excluding carboxylic acids is 1. The predicted molar refractivity (Wildman–Crippen MR) is 150 cm³/mol. The molecule has 5 rings (SSSR count). The van der Waals surface area contributed by atoms with Gasteiger partial charge in [-0.1, -0.05) is 55.5 Å². The van der Waals surface area contributed by atoms with E-state index in [0.717, 1.165) is 75.5 Å². The molecule has 0 radical (unpaired) electrons. The Morgan fingerprint density at radius 3 is 2.78 bits per heavy atom. The fourth-order valence-electron chi connectivity index (χ4n) is 4.81. The molecule has 0 saturated carbocycles. The van der Waals surface area contributed by atoms with Crippen molar-refractivity contribution in [1.82, 2.24) is 25.2 Å². The summed E-state index contributed by atoms with van der Waals surface area (Å²) in [6.45, 7) is 2.17. The van der Waals surface area contributed by atoms with E-state index in [1.54, 1.807) is 11.9 Å². The minimum absolute atomic E-state index is 0.679. The van der Waals surface area contributed by atoms with Crippen molar-refractivity contribution in [2.45, 2.75) is 26.2 Å². The Kier molecular flexibility index (Phi) is 6.99. The van der Waals surface area contributed by atoms with Crippen molar-refractivity contribution >= 4 is 17.3 Å². The summed E-state index contributed by atoms with van der Waals surface area (Å²) in [5.74, 6) is 0.831. The lowest BCUT2D eigenvalue weighted by atomic mass is 10.0. The van der Waals surface area contributed by atoms with E-state index in [-0.39, 0.29) is 0 Å². The maximum Gasteiger partial charge on any atom is 0.213 e. The van der Waals surface area contributed by atoms with E-state index in [0.29, 0.717) is 6.42 Å². The number of imidazole rings is 1. The average Bonchev–Trinajstić information content (AvgIpc) is 3.25. The summed E-state index contributed by atoms with van der Waals surface area (Å²) in [7, 11) is 3.65. The highest BCUT2D eigenvalue weighted by atomic mass is 16.1. The maximum atomic E-state index is 11.4. The number of likely N-dealkylation sites (N-methyl/N-ethyl adjacent to an activating group) is 2. The van der Waals surface area contributed by atoms with Gasteiger partial charge in [0.1, 0.15) is 5.82 Å². The van der Waals surface area contributed by atoms with Crippen molar-refractivity contribution in [2.24, 2.45) is 0 Å². The number of amides is 1. The second-order valence-corrected chi connectivity index (χ2v) is 9.15. The fourth-order valence-corrected chi connectivity index (χ4v) is 4.81. The van der Waals surface area contributed by atoms with Crippen LogP contribution in [0.1, 0.15) is 24.6 Å². The van der Waals surface area contributed by atoms with Gasteiger partial charge in [-0.3, -0.25) is 9.78 Å². The van der Waals surface area contributed by atoms with Crippen LogP contribution in [0.3, 0.4) is 0 Å². The van der Waals surface area contributed by atoms with Crippen LogP contribution < -0.4 is 5.32 Å². The van der Waals surface area contributed by atoms with E-state index in [9.17, 15) is 4.79 Å². The molecule has 186 valence electrons. The number of para-hydroxylation sites is 1. The molecule has 0 spiro atoms. The van der Waals surface area contributed by atoms with Gasteiger partial charge in [-0.2, -0.15) is 0 Å². The number of pyridine rings is 1. The van der Waals surface area contributed by atoms with Crippen molar-refractivity contribution < 1.29 is 4.79 Å². The number of hydrogen-bond donors (Lipinski definition) is 2. The zero-order chi connectivity index (χ0) is 25.8. The van der Waals surface area contributed by atoms with Gasteiger partial charge in [0.15, 0.2) is 0 Å². The third-order valence-electron chi connectivity index (χ3n) is 6.78. The lowest BCUT2D eigenvalue weighted by molar-refractivity contribution is -0.115. The van der Waals surface area contributed by atoms with Crippen molar-refractivity contribution in [2.75, 3.05) is 14.1 Å². The zero-order valence-corrected chi connectivity index (χ0v) is 21.5. The quantitative estimate of drug-likeness (QED) is 0.307. The molecule has 4 aromatic rings. The topological polar surface area (TPSA) is 73.9 Å². The lowest BCUT2D eigenvalue weighted by Crippen LogP contribution is -2.22. The summed E-state index contributed by atoms with van der Waals surface area (Å²) in [6.07, 6.45) is 11.4. The smallest absolute Gasteiger partial charge is 0.213 e. The van der Waals surface area contributed by atoms with E-state index >= 15 is 0 Å². The monoisotopic (exact) mass is 489 g/mol. The van der Waals surface area contributed by atoms with Crippen LogP contribution in [0, 0.1) is 0 Å². The van der Waals surface area contributed by atoms with Gasteiger partial charge >= 0.3 is 0 Å². The van der Waals surface area contributed by atoms with E-state index in [4.69, 9.17) is 4.98 Å². The molecular weight excluding hydrogens is 458 g/mol. The van der Waals surface area contributed by atoms with Crippen LogP contribution in [0.5, 0.6) is 0 Å². The Morgan fingerprint density at radius 2 is 1.97 bits per heavy atom. The van der Waals surface area contributed by atoms with Crippen molar-refractivity contribution in [3.8, 4) is 22.6 Å². The largest absolute Gasteiger partial charge is 0.386 e. The Morgan fingerprint density at radius 1 is 1.11 bits per heavy atom. The number of rotatable bonds is 8. The first-order valence-electron chi connectivity index (χ1n) is 12.6. The van der Waals surface area contributed by atoms with E-state index in [2.05, 4.69) is 70.8 Å². The van der Waals surface area contributed by atoms with Gasteiger partial charge < -0.3 is 15.2 Å². The Labute approximate surface area is 217 Å². The lowest BCUT2D eigenvalue weighted by Gasteiger charge is -2.18. The summed E-state index contributed by atoms with van der Waals surface area (Å²) in [6, 6.07) is 18.8. The molecule has 2 aromatic carbocycles. The molecule has 1 amide bonds. The first kappa shape index (κ1) is 24.3. The van der Waals surface area contributed by atoms with Gasteiger partial charge in [-0.15, -0.1) is 0 Å². The van der Waals surface area contributed by atoms with E-state index in [1.165, 1.54) is 5.56 Å². The fraction of sp³-hybridized carbons (Fsp3) is 0.194. The molecule has 2 aromatic heterocycles. The highest BCUT2D eigenvalue weighted by Gasteiger charge is 2.18. The number of nitrogens with zero attached hydrogens (tertiary/aromatic N) is 3. The van der Waals surface area contributed by atoms with Crippen LogP contribution in [0.4, 0.5) is 0 Å². The molecule has 0 fully saturated rings. The molecule has 0 bridgehead atoms. The van der Waals surface area contributed by atoms with Crippen molar-refractivity contribution in [3.63, 3.8) is 0 Å². The molecular formula is C31H31N5O. The Balaban J connectivity index is 1.60. The van der Waals surface area contributed by atoms with Gasteiger partial charge in [0, 0.05) is 48.9 Å². The Hall–Kier alpha value is -4.45. The second kappa shape index (κ2) is 10.7. The number of aromatic amines is 1. The van der Waals surface area contributed by atoms with Crippen LogP contribution in [-0.2, 0) is 17.6 Å². The van der Waals surface area contributed by atoms with Crippen molar-refractivity contribution in [1.29, 1.82) is 0 Å². The summed E-state index contributed by atoms with van der Waals surface area (Å²) >= 11 is 0. The van der Waals surface area contributed by atoms with Crippen LogP contribution in [0.15, 0.2) is 96.0 Å². The van der Waals surface area contributed by atoms with Crippen LogP contribution in [0.25, 0.3) is 33.5 Å². The number of aryl methyl sites for hydroxylation is 1. The molecule has 0 atom stereocenters. The minimum Gasteiger partial charge on any atom is -0.386 e. The second-order valence-electron chi connectivity index (χ2n) is 9.15. The van der Waals surface area contributed by atoms with Gasteiger partial charge in [-0.25, -0.2) is 4.98 Å². The normalized spacial score (nSPS) is 13.4. The first-order chi connectivity index (χ1) is 18.1. The summed E-state index contributed by atoms with van der Waals surface area (Å²) in [5, 5.41) is 4.32. The molecule has 0 saturated heterocycles. The first-order valence-corrected chi connectivity index (χ1v) is 12.6. The molecule has 2 N–H and O–H groups in total. The molecule has 1 aliphatic rings. The highest BCUT2D eigenvalue weighted by Crippen LogP contribution is 2.32. The van der Waals surface area contributed by atoms with Gasteiger partial charge in [0.05, 0.1) is 22.6 Å². The summed E-state index contributed by atoms with van der Waals surface area (Å²) in [4.78, 5) is 26.4. The molecule has 0 aliphatic heterocycles. The molecule has 1 aliphatic carbocycles. The molecule has 2 heterocycles. The van der Waals surface area contributed by atoms with Crippen LogP contribution in [-0.4, -0.2) is 40.4 Å². The Bertz CT molecular complexity index is 1540. The number of H-pyrrole nitrogens is 1. The molecule has 6 heteroatoms. The predicted octanol–water partition coefficient (Wildman–Crippen LogP) is 5.80. The molecule has 37 heavy (non-hydrogen) atoms. The minimum atomic E-state index is 0.679. The maximum absolute atomic E-state index is 11.4. The number of benzene rings is 2. The van der Waals surface area contributed by atoms with Gasteiger partial charge in [-0.05, 0) is 48.3 Å². The number of aromatic nitrogens is 3. The number of allylic oxidation sites excluding steroid dienone is 4. The number of hydrogen-bond acceptors (Lipinski definition) is 4.